The third-order valence-electron chi connectivity index (χ3n) is 2.22. The Morgan fingerprint density at radius 2 is 2.31 bits per heavy atom. The Balaban J connectivity index is 2.40. The fourth-order valence-electron chi connectivity index (χ4n) is 1.61. The highest BCUT2D eigenvalue weighted by molar-refractivity contribution is 6.29. The number of hydrogen-bond acceptors (Lipinski definition) is 3. The molecule has 0 aromatic carbocycles. The predicted octanol–water partition coefficient (Wildman–Crippen LogP) is 1.64. The van der Waals surface area contributed by atoms with Gasteiger partial charge in [0.2, 0.25) is 0 Å². The van der Waals surface area contributed by atoms with E-state index in [9.17, 15) is 0 Å². The van der Waals surface area contributed by atoms with Crippen molar-refractivity contribution < 1.29 is 4.74 Å². The molecule has 1 aliphatic heterocycles. The summed E-state index contributed by atoms with van der Waals surface area (Å²) >= 11 is 5.75. The average molecular weight is 196 g/mol. The van der Waals surface area contributed by atoms with E-state index in [2.05, 4.69) is 15.2 Å². The van der Waals surface area contributed by atoms with Crippen LogP contribution in [0.5, 0.6) is 0 Å². The maximum Gasteiger partial charge on any atom is 0.160 e. The molecule has 1 N–H and O–H groups in total. The molecule has 0 unspecified atom stereocenters. The summed E-state index contributed by atoms with van der Waals surface area (Å²) in [4.78, 5) is 3.15. The standard InChI is InChI=1S/C8H6ClN3O/c9-7-1-4-5-2-13-3-6(5)10-8(4)12-11-7/h1H,2-3H2,(H,10,12). The molecule has 0 spiro atoms. The summed E-state index contributed by atoms with van der Waals surface area (Å²) in [6.45, 7) is 1.26. The SMILES string of the molecule is Clc1cc2c3c([nH]c2nn1)COC3. The molecule has 4 nitrogen and oxygen atoms in total. The van der Waals surface area contributed by atoms with Gasteiger partial charge in [0.05, 0.1) is 13.2 Å². The summed E-state index contributed by atoms with van der Waals surface area (Å²) in [6, 6.07) is 1.81. The average Bonchev–Trinajstić information content (AvgIpc) is 2.64. The lowest BCUT2D eigenvalue weighted by atomic mass is 10.2. The van der Waals surface area contributed by atoms with Crippen molar-refractivity contribution in [2.45, 2.75) is 13.2 Å². The van der Waals surface area contributed by atoms with Crippen molar-refractivity contribution in [3.63, 3.8) is 0 Å². The first-order valence-electron chi connectivity index (χ1n) is 3.95. The first kappa shape index (κ1) is 7.29. The topological polar surface area (TPSA) is 50.8 Å². The summed E-state index contributed by atoms with van der Waals surface area (Å²) in [6.07, 6.45) is 0. The quantitative estimate of drug-likeness (QED) is 0.695. The van der Waals surface area contributed by atoms with Crippen LogP contribution in [0, 0.1) is 0 Å². The molecular weight excluding hydrogens is 190 g/mol. The molecule has 0 saturated heterocycles. The van der Waals surface area contributed by atoms with Crippen molar-refractivity contribution in [1.82, 2.24) is 15.2 Å². The van der Waals surface area contributed by atoms with Gasteiger partial charge in [-0.1, -0.05) is 11.6 Å². The molecule has 0 atom stereocenters. The molecule has 66 valence electrons. The van der Waals surface area contributed by atoms with Crippen molar-refractivity contribution in [2.75, 3.05) is 0 Å². The van der Waals surface area contributed by atoms with E-state index in [1.807, 2.05) is 6.07 Å². The lowest BCUT2D eigenvalue weighted by Crippen LogP contribution is -1.86. The zero-order valence-corrected chi connectivity index (χ0v) is 7.43. The minimum absolute atomic E-state index is 0.418. The van der Waals surface area contributed by atoms with Gasteiger partial charge in [-0.2, -0.15) is 0 Å². The van der Waals surface area contributed by atoms with E-state index in [0.29, 0.717) is 18.4 Å². The Labute approximate surface area is 78.9 Å². The van der Waals surface area contributed by atoms with Crippen LogP contribution >= 0.6 is 11.6 Å². The summed E-state index contributed by atoms with van der Waals surface area (Å²) < 4.78 is 5.28. The number of nitrogens with one attached hydrogen (secondary N) is 1. The number of ether oxygens (including phenoxy) is 1. The number of fused-ring (bicyclic) bond motifs is 3. The smallest absolute Gasteiger partial charge is 0.160 e. The van der Waals surface area contributed by atoms with Crippen LogP contribution in [0.1, 0.15) is 11.3 Å². The highest BCUT2D eigenvalue weighted by atomic mass is 35.5. The highest BCUT2D eigenvalue weighted by Crippen LogP contribution is 2.27. The van der Waals surface area contributed by atoms with Crippen molar-refractivity contribution in [3.8, 4) is 0 Å². The summed E-state index contributed by atoms with van der Waals surface area (Å²) in [5.41, 5.74) is 3.04. The van der Waals surface area contributed by atoms with E-state index in [-0.39, 0.29) is 0 Å². The van der Waals surface area contributed by atoms with Gasteiger partial charge in [-0.25, -0.2) is 0 Å². The number of aromatic amines is 1. The lowest BCUT2D eigenvalue weighted by molar-refractivity contribution is 0.133. The lowest BCUT2D eigenvalue weighted by Gasteiger charge is -1.92. The molecule has 0 bridgehead atoms. The van der Waals surface area contributed by atoms with Crippen molar-refractivity contribution >= 4 is 22.6 Å². The van der Waals surface area contributed by atoms with Crippen molar-refractivity contribution in [3.05, 3.63) is 22.5 Å². The van der Waals surface area contributed by atoms with Gasteiger partial charge in [0.15, 0.2) is 10.8 Å². The fraction of sp³-hybridized carbons (Fsp3) is 0.250. The maximum absolute atomic E-state index is 5.75. The predicted molar refractivity (Wildman–Crippen MR) is 47.4 cm³/mol. The molecule has 2 aromatic heterocycles. The summed E-state index contributed by atoms with van der Waals surface area (Å²) in [7, 11) is 0. The first-order chi connectivity index (χ1) is 6.34. The Kier molecular flexibility index (Phi) is 1.36. The van der Waals surface area contributed by atoms with Crippen LogP contribution in [0.25, 0.3) is 11.0 Å². The molecule has 5 heteroatoms. The molecule has 0 aliphatic carbocycles. The second kappa shape index (κ2) is 2.43. The number of nitrogens with zero attached hydrogens (tertiary/aromatic N) is 2. The Hall–Kier alpha value is -1.13. The second-order valence-electron chi connectivity index (χ2n) is 3.00. The van der Waals surface area contributed by atoms with E-state index in [4.69, 9.17) is 16.3 Å². The van der Waals surface area contributed by atoms with Gasteiger partial charge in [-0.05, 0) is 6.07 Å². The monoisotopic (exact) mass is 195 g/mol. The fourth-order valence-corrected chi connectivity index (χ4v) is 1.76. The van der Waals surface area contributed by atoms with Crippen LogP contribution in [0.3, 0.4) is 0 Å². The second-order valence-corrected chi connectivity index (χ2v) is 3.39. The molecule has 13 heavy (non-hydrogen) atoms. The van der Waals surface area contributed by atoms with Gasteiger partial charge < -0.3 is 9.72 Å². The Bertz CT molecular complexity index is 479. The van der Waals surface area contributed by atoms with E-state index >= 15 is 0 Å². The van der Waals surface area contributed by atoms with E-state index < -0.39 is 0 Å². The normalized spacial score (nSPS) is 15.2. The third-order valence-corrected chi connectivity index (χ3v) is 2.40. The Morgan fingerprint density at radius 1 is 1.38 bits per heavy atom. The maximum atomic E-state index is 5.75. The largest absolute Gasteiger partial charge is 0.370 e. The van der Waals surface area contributed by atoms with Crippen LogP contribution in [0.15, 0.2) is 6.07 Å². The number of rotatable bonds is 0. The van der Waals surface area contributed by atoms with Gasteiger partial charge in [0, 0.05) is 16.6 Å². The molecule has 0 fully saturated rings. The van der Waals surface area contributed by atoms with Gasteiger partial charge >= 0.3 is 0 Å². The van der Waals surface area contributed by atoms with Gasteiger partial charge in [-0.3, -0.25) is 0 Å². The van der Waals surface area contributed by atoms with Gasteiger partial charge in [0.1, 0.15) is 0 Å². The number of hydrogen-bond donors (Lipinski definition) is 1. The summed E-state index contributed by atoms with van der Waals surface area (Å²) in [5, 5.41) is 9.15. The summed E-state index contributed by atoms with van der Waals surface area (Å²) in [5.74, 6) is 0. The molecular formula is C8H6ClN3O. The van der Waals surface area contributed by atoms with Crippen LogP contribution in [0.4, 0.5) is 0 Å². The molecule has 3 rings (SSSR count). The van der Waals surface area contributed by atoms with Crippen LogP contribution in [-0.2, 0) is 18.0 Å². The molecule has 1 aliphatic rings. The van der Waals surface area contributed by atoms with Crippen molar-refractivity contribution in [2.24, 2.45) is 0 Å². The molecule has 0 saturated carbocycles. The molecule has 2 aromatic rings. The van der Waals surface area contributed by atoms with Gasteiger partial charge in [0.25, 0.3) is 0 Å². The minimum Gasteiger partial charge on any atom is -0.370 e. The molecule has 0 amide bonds. The minimum atomic E-state index is 0.418. The first-order valence-corrected chi connectivity index (χ1v) is 4.33. The van der Waals surface area contributed by atoms with Crippen LogP contribution in [-0.4, -0.2) is 15.2 Å². The number of halogens is 1. The number of aromatic nitrogens is 3. The van der Waals surface area contributed by atoms with Gasteiger partial charge in [-0.15, -0.1) is 10.2 Å². The molecule has 0 radical (unpaired) electrons. The third kappa shape index (κ3) is 0.959. The Morgan fingerprint density at radius 3 is 3.23 bits per heavy atom. The van der Waals surface area contributed by atoms with E-state index in [1.54, 1.807) is 0 Å². The van der Waals surface area contributed by atoms with Crippen molar-refractivity contribution in [1.29, 1.82) is 0 Å². The van der Waals surface area contributed by atoms with Crippen LogP contribution in [0.2, 0.25) is 5.15 Å². The highest BCUT2D eigenvalue weighted by Gasteiger charge is 2.18. The number of H-pyrrole nitrogens is 1. The van der Waals surface area contributed by atoms with Crippen LogP contribution < -0.4 is 0 Å². The van der Waals surface area contributed by atoms with E-state index in [1.165, 1.54) is 0 Å². The van der Waals surface area contributed by atoms with E-state index in [0.717, 1.165) is 22.3 Å². The zero-order chi connectivity index (χ0) is 8.84. The zero-order valence-electron chi connectivity index (χ0n) is 6.67. The molecule has 3 heterocycles.